The van der Waals surface area contributed by atoms with Gasteiger partial charge in [-0.25, -0.2) is 18.7 Å². The van der Waals surface area contributed by atoms with Crippen molar-refractivity contribution in [1.82, 2.24) is 15.3 Å². The van der Waals surface area contributed by atoms with E-state index in [9.17, 15) is 8.78 Å². The molecule has 1 N–H and O–H groups in total. The molecule has 2 aromatic rings. The monoisotopic (exact) mass is 277 g/mol. The molecule has 0 radical (unpaired) electrons. The Morgan fingerprint density at radius 3 is 2.50 bits per heavy atom. The summed E-state index contributed by atoms with van der Waals surface area (Å²) in [5, 5.41) is 3.26. The minimum absolute atomic E-state index is 0.310. The fraction of sp³-hybridized carbons (Fsp3) is 0.333. The number of nitrogens with zero attached hydrogens (tertiary/aromatic N) is 2. The molecule has 0 aliphatic rings. The highest BCUT2D eigenvalue weighted by molar-refractivity contribution is 5.21. The smallest absolute Gasteiger partial charge is 0.132 e. The van der Waals surface area contributed by atoms with E-state index in [0.29, 0.717) is 30.4 Å². The lowest BCUT2D eigenvalue weighted by atomic mass is 10.1. The van der Waals surface area contributed by atoms with Crippen molar-refractivity contribution in [2.75, 3.05) is 0 Å². The van der Waals surface area contributed by atoms with E-state index in [1.54, 1.807) is 6.20 Å². The molecule has 0 spiro atoms. The van der Waals surface area contributed by atoms with Crippen molar-refractivity contribution in [3.8, 4) is 0 Å². The fourth-order valence-electron chi connectivity index (χ4n) is 1.83. The van der Waals surface area contributed by atoms with Crippen LogP contribution in [0.2, 0.25) is 0 Å². The molecule has 0 fully saturated rings. The molecule has 5 heteroatoms. The minimum Gasteiger partial charge on any atom is -0.309 e. The Kier molecular flexibility index (Phi) is 4.74. The predicted molar refractivity (Wildman–Crippen MR) is 73.2 cm³/mol. The topological polar surface area (TPSA) is 37.8 Å². The van der Waals surface area contributed by atoms with Gasteiger partial charge in [-0.1, -0.05) is 13.8 Å². The zero-order chi connectivity index (χ0) is 14.5. The van der Waals surface area contributed by atoms with E-state index in [0.717, 1.165) is 11.8 Å². The standard InChI is InChI=1S/C15H17F2N3/c1-10(2)19-9-14-3-4-18-15(20-14)7-11-5-12(16)8-13(17)6-11/h3-6,8,10,19H,7,9H2,1-2H3. The molecular formula is C15H17F2N3. The SMILES string of the molecule is CC(C)NCc1ccnc(Cc2cc(F)cc(F)c2)n1. The van der Waals surface area contributed by atoms with Gasteiger partial charge >= 0.3 is 0 Å². The number of nitrogens with one attached hydrogen (secondary N) is 1. The summed E-state index contributed by atoms with van der Waals surface area (Å²) in [4.78, 5) is 8.52. The second kappa shape index (κ2) is 6.52. The van der Waals surface area contributed by atoms with Gasteiger partial charge in [-0.3, -0.25) is 0 Å². The normalized spacial score (nSPS) is 11.1. The number of hydrogen-bond donors (Lipinski definition) is 1. The third kappa shape index (κ3) is 4.35. The molecule has 20 heavy (non-hydrogen) atoms. The zero-order valence-electron chi connectivity index (χ0n) is 11.5. The first-order valence-corrected chi connectivity index (χ1v) is 6.52. The first-order chi connectivity index (χ1) is 9.52. The molecule has 1 aromatic carbocycles. The van der Waals surface area contributed by atoms with Crippen molar-refractivity contribution < 1.29 is 8.78 Å². The average molecular weight is 277 g/mol. The van der Waals surface area contributed by atoms with Crippen LogP contribution in [0.1, 0.15) is 30.9 Å². The Bertz CT molecular complexity index is 565. The number of aromatic nitrogens is 2. The Morgan fingerprint density at radius 1 is 1.15 bits per heavy atom. The fourth-order valence-corrected chi connectivity index (χ4v) is 1.83. The molecule has 106 valence electrons. The van der Waals surface area contributed by atoms with Crippen LogP contribution < -0.4 is 5.32 Å². The molecule has 0 saturated carbocycles. The molecule has 0 saturated heterocycles. The highest BCUT2D eigenvalue weighted by Gasteiger charge is 2.05. The lowest BCUT2D eigenvalue weighted by Gasteiger charge is -2.08. The molecule has 0 amide bonds. The summed E-state index contributed by atoms with van der Waals surface area (Å²) in [5.74, 6) is -0.617. The van der Waals surface area contributed by atoms with Crippen LogP contribution in [-0.2, 0) is 13.0 Å². The molecule has 2 rings (SSSR count). The van der Waals surface area contributed by atoms with Crippen molar-refractivity contribution in [2.45, 2.75) is 32.9 Å². The maximum atomic E-state index is 13.1. The van der Waals surface area contributed by atoms with Crippen molar-refractivity contribution in [2.24, 2.45) is 0 Å². The lowest BCUT2D eigenvalue weighted by molar-refractivity contribution is 0.577. The third-order valence-electron chi connectivity index (χ3n) is 2.74. The summed E-state index contributed by atoms with van der Waals surface area (Å²) in [6.07, 6.45) is 1.97. The first-order valence-electron chi connectivity index (χ1n) is 6.52. The highest BCUT2D eigenvalue weighted by atomic mass is 19.1. The zero-order valence-corrected chi connectivity index (χ0v) is 11.5. The molecule has 0 aliphatic heterocycles. The van der Waals surface area contributed by atoms with Crippen molar-refractivity contribution in [3.63, 3.8) is 0 Å². The van der Waals surface area contributed by atoms with Gasteiger partial charge in [0.2, 0.25) is 0 Å². The molecular weight excluding hydrogens is 260 g/mol. The van der Waals surface area contributed by atoms with Crippen LogP contribution in [-0.4, -0.2) is 16.0 Å². The third-order valence-corrected chi connectivity index (χ3v) is 2.74. The van der Waals surface area contributed by atoms with Crippen molar-refractivity contribution >= 4 is 0 Å². The maximum absolute atomic E-state index is 13.1. The highest BCUT2D eigenvalue weighted by Crippen LogP contribution is 2.11. The lowest BCUT2D eigenvalue weighted by Crippen LogP contribution is -2.22. The summed E-state index contributed by atoms with van der Waals surface area (Å²) < 4.78 is 26.3. The molecule has 1 heterocycles. The Hall–Kier alpha value is -1.88. The summed E-state index contributed by atoms with van der Waals surface area (Å²) in [6.45, 7) is 4.75. The average Bonchev–Trinajstić information content (AvgIpc) is 2.35. The van der Waals surface area contributed by atoms with Gasteiger partial charge in [-0.2, -0.15) is 0 Å². The van der Waals surface area contributed by atoms with E-state index < -0.39 is 11.6 Å². The molecule has 3 nitrogen and oxygen atoms in total. The van der Waals surface area contributed by atoms with Gasteiger partial charge in [0.1, 0.15) is 17.5 Å². The van der Waals surface area contributed by atoms with Gasteiger partial charge in [0.25, 0.3) is 0 Å². The molecule has 0 aliphatic carbocycles. The van der Waals surface area contributed by atoms with Crippen LogP contribution in [0, 0.1) is 11.6 Å². The summed E-state index contributed by atoms with van der Waals surface area (Å²) in [7, 11) is 0. The van der Waals surface area contributed by atoms with Crippen LogP contribution in [0.25, 0.3) is 0 Å². The largest absolute Gasteiger partial charge is 0.309 e. The van der Waals surface area contributed by atoms with E-state index >= 15 is 0 Å². The van der Waals surface area contributed by atoms with Gasteiger partial charge in [-0.05, 0) is 23.8 Å². The summed E-state index contributed by atoms with van der Waals surface area (Å²) in [5.41, 5.74) is 1.39. The molecule has 0 bridgehead atoms. The van der Waals surface area contributed by atoms with Crippen LogP contribution in [0.4, 0.5) is 8.78 Å². The maximum Gasteiger partial charge on any atom is 0.132 e. The molecule has 0 unspecified atom stereocenters. The van der Waals surface area contributed by atoms with E-state index in [-0.39, 0.29) is 0 Å². The summed E-state index contributed by atoms with van der Waals surface area (Å²) >= 11 is 0. The molecule has 0 atom stereocenters. The van der Waals surface area contributed by atoms with E-state index in [1.807, 2.05) is 6.07 Å². The van der Waals surface area contributed by atoms with E-state index in [4.69, 9.17) is 0 Å². The van der Waals surface area contributed by atoms with Crippen molar-refractivity contribution in [1.29, 1.82) is 0 Å². The number of rotatable bonds is 5. The Morgan fingerprint density at radius 2 is 1.85 bits per heavy atom. The van der Waals surface area contributed by atoms with E-state index in [2.05, 4.69) is 29.1 Å². The van der Waals surface area contributed by atoms with E-state index in [1.165, 1.54) is 12.1 Å². The van der Waals surface area contributed by atoms with Crippen LogP contribution >= 0.6 is 0 Å². The van der Waals surface area contributed by atoms with Crippen molar-refractivity contribution in [3.05, 3.63) is 59.2 Å². The Balaban J connectivity index is 2.11. The number of hydrogen-bond acceptors (Lipinski definition) is 3. The first kappa shape index (κ1) is 14.5. The van der Waals surface area contributed by atoms with Gasteiger partial charge in [-0.15, -0.1) is 0 Å². The second-order valence-electron chi connectivity index (χ2n) is 4.95. The summed E-state index contributed by atoms with van der Waals surface area (Å²) in [6, 6.07) is 5.64. The number of benzene rings is 1. The minimum atomic E-state index is -0.586. The van der Waals surface area contributed by atoms with Gasteiger partial charge in [0.15, 0.2) is 0 Å². The van der Waals surface area contributed by atoms with Crippen LogP contribution in [0.5, 0.6) is 0 Å². The Labute approximate surface area is 117 Å². The predicted octanol–water partition coefficient (Wildman–Crippen LogP) is 2.84. The van der Waals surface area contributed by atoms with Crippen LogP contribution in [0.15, 0.2) is 30.5 Å². The number of halogens is 2. The van der Waals surface area contributed by atoms with Crippen LogP contribution in [0.3, 0.4) is 0 Å². The second-order valence-corrected chi connectivity index (χ2v) is 4.95. The quantitative estimate of drug-likeness (QED) is 0.913. The van der Waals surface area contributed by atoms with Gasteiger partial charge < -0.3 is 5.32 Å². The molecule has 1 aromatic heterocycles. The van der Waals surface area contributed by atoms with Gasteiger partial charge in [0.05, 0.1) is 5.69 Å². The van der Waals surface area contributed by atoms with Gasteiger partial charge in [0, 0.05) is 31.3 Å².